The van der Waals surface area contributed by atoms with Crippen molar-refractivity contribution < 1.29 is 9.47 Å². The molecule has 2 heteroatoms. The van der Waals surface area contributed by atoms with Gasteiger partial charge in [0.15, 0.2) is 5.79 Å². The number of fused-ring (bicyclic) bond motifs is 1. The van der Waals surface area contributed by atoms with Crippen LogP contribution in [-0.4, -0.2) is 13.2 Å². The molecule has 2 nitrogen and oxygen atoms in total. The fourth-order valence-electron chi connectivity index (χ4n) is 4.44. The van der Waals surface area contributed by atoms with Crippen molar-refractivity contribution in [2.75, 3.05) is 13.2 Å². The lowest BCUT2D eigenvalue weighted by molar-refractivity contribution is -0.275. The van der Waals surface area contributed by atoms with Crippen LogP contribution < -0.4 is 0 Å². The zero-order valence-electron chi connectivity index (χ0n) is 18.5. The van der Waals surface area contributed by atoms with Crippen molar-refractivity contribution in [3.05, 3.63) is 48.0 Å². The zero-order valence-corrected chi connectivity index (χ0v) is 18.5. The van der Waals surface area contributed by atoms with Crippen LogP contribution in [0.15, 0.2) is 42.5 Å². The van der Waals surface area contributed by atoms with Gasteiger partial charge in [-0.1, -0.05) is 94.8 Å². The van der Waals surface area contributed by atoms with Crippen molar-refractivity contribution in [1.29, 1.82) is 0 Å². The quantitative estimate of drug-likeness (QED) is 0.244. The molecule has 0 amide bonds. The lowest BCUT2D eigenvalue weighted by atomic mass is 9.83. The molecule has 28 heavy (non-hydrogen) atoms. The number of rotatable bonds is 14. The molecule has 0 aliphatic heterocycles. The first-order chi connectivity index (χ1) is 13.7. The average molecular weight is 385 g/mol. The fourth-order valence-corrected chi connectivity index (χ4v) is 4.44. The predicted octanol–water partition coefficient (Wildman–Crippen LogP) is 7.84. The van der Waals surface area contributed by atoms with E-state index in [4.69, 9.17) is 9.47 Å². The standard InChI is InChI=1S/C26H40O2/c1-5-9-10-11-12-13-19-23(6-2)26(27-7-3,28-8-4)25-21-16-18-22-17-14-15-20-24(22)25/h14-18,20-21,23H,5-13,19H2,1-4H3. The van der Waals surface area contributed by atoms with E-state index < -0.39 is 5.79 Å². The Hall–Kier alpha value is -1.38. The van der Waals surface area contributed by atoms with Crippen LogP contribution in [0.5, 0.6) is 0 Å². The first-order valence-electron chi connectivity index (χ1n) is 11.5. The summed E-state index contributed by atoms with van der Waals surface area (Å²) >= 11 is 0. The molecule has 0 aliphatic rings. The van der Waals surface area contributed by atoms with Gasteiger partial charge in [0, 0.05) is 24.7 Å². The lowest BCUT2D eigenvalue weighted by Gasteiger charge is -2.41. The van der Waals surface area contributed by atoms with Crippen LogP contribution in [0.3, 0.4) is 0 Å². The molecule has 1 atom stereocenters. The minimum atomic E-state index is -0.664. The Morgan fingerprint density at radius 3 is 2.07 bits per heavy atom. The highest BCUT2D eigenvalue weighted by atomic mass is 16.7. The zero-order chi connectivity index (χ0) is 20.2. The molecule has 1 unspecified atom stereocenters. The van der Waals surface area contributed by atoms with Crippen molar-refractivity contribution in [3.63, 3.8) is 0 Å². The third-order valence-corrected chi connectivity index (χ3v) is 5.82. The molecule has 0 saturated heterocycles. The largest absolute Gasteiger partial charge is 0.346 e. The third-order valence-electron chi connectivity index (χ3n) is 5.82. The van der Waals surface area contributed by atoms with Crippen LogP contribution in [0, 0.1) is 5.92 Å². The second kappa shape index (κ2) is 12.2. The van der Waals surface area contributed by atoms with E-state index in [1.807, 2.05) is 0 Å². The first-order valence-corrected chi connectivity index (χ1v) is 11.5. The number of unbranched alkanes of at least 4 members (excludes halogenated alkanes) is 5. The van der Waals surface area contributed by atoms with E-state index >= 15 is 0 Å². The van der Waals surface area contributed by atoms with Gasteiger partial charge < -0.3 is 9.47 Å². The molecular formula is C26H40O2. The van der Waals surface area contributed by atoms with Crippen molar-refractivity contribution in [2.45, 2.75) is 84.8 Å². The van der Waals surface area contributed by atoms with Crippen molar-refractivity contribution in [2.24, 2.45) is 5.92 Å². The molecule has 0 heterocycles. The van der Waals surface area contributed by atoms with Gasteiger partial charge in [-0.3, -0.25) is 0 Å². The fraction of sp³-hybridized carbons (Fsp3) is 0.615. The summed E-state index contributed by atoms with van der Waals surface area (Å²) in [7, 11) is 0. The molecule has 0 N–H and O–H groups in total. The van der Waals surface area contributed by atoms with E-state index in [-0.39, 0.29) is 0 Å². The minimum absolute atomic E-state index is 0.351. The van der Waals surface area contributed by atoms with Gasteiger partial charge in [0.05, 0.1) is 0 Å². The summed E-state index contributed by atoms with van der Waals surface area (Å²) < 4.78 is 13.0. The monoisotopic (exact) mass is 384 g/mol. The average Bonchev–Trinajstić information content (AvgIpc) is 2.73. The summed E-state index contributed by atoms with van der Waals surface area (Å²) in [5.41, 5.74) is 1.19. The minimum Gasteiger partial charge on any atom is -0.346 e. The molecule has 2 aromatic rings. The molecule has 0 saturated carbocycles. The SMILES string of the molecule is CCCCCCCCC(CC)C(OCC)(OCC)c1cccc2ccccc12. The normalized spacial score (nSPS) is 13.1. The Bertz CT molecular complexity index is 668. The molecule has 2 rings (SSSR count). The van der Waals surface area contributed by atoms with Crippen LogP contribution in [0.1, 0.15) is 84.6 Å². The molecule has 0 radical (unpaired) electrons. The number of hydrogen-bond donors (Lipinski definition) is 0. The van der Waals surface area contributed by atoms with E-state index in [2.05, 4.69) is 70.2 Å². The van der Waals surface area contributed by atoms with Crippen LogP contribution in [0.25, 0.3) is 10.8 Å². The maximum atomic E-state index is 6.49. The highest BCUT2D eigenvalue weighted by molar-refractivity contribution is 5.86. The first kappa shape index (κ1) is 22.9. The summed E-state index contributed by atoms with van der Waals surface area (Å²) in [6.07, 6.45) is 10.1. The maximum Gasteiger partial charge on any atom is 0.198 e. The summed E-state index contributed by atoms with van der Waals surface area (Å²) in [6.45, 7) is 10.0. The van der Waals surface area contributed by atoms with Crippen LogP contribution in [0.4, 0.5) is 0 Å². The van der Waals surface area contributed by atoms with Crippen molar-refractivity contribution >= 4 is 10.8 Å². The molecule has 0 fully saturated rings. The van der Waals surface area contributed by atoms with Gasteiger partial charge in [-0.25, -0.2) is 0 Å². The number of benzene rings is 2. The molecular weight excluding hydrogens is 344 g/mol. The lowest BCUT2D eigenvalue weighted by Crippen LogP contribution is -2.41. The molecule has 0 aromatic heterocycles. The Morgan fingerprint density at radius 2 is 1.39 bits per heavy atom. The predicted molar refractivity (Wildman–Crippen MR) is 121 cm³/mol. The van der Waals surface area contributed by atoms with Gasteiger partial charge in [0.1, 0.15) is 0 Å². The van der Waals surface area contributed by atoms with E-state index in [1.54, 1.807) is 0 Å². The highest BCUT2D eigenvalue weighted by Gasteiger charge is 2.42. The summed E-state index contributed by atoms with van der Waals surface area (Å²) in [6, 6.07) is 15.1. The Balaban J connectivity index is 2.32. The highest BCUT2D eigenvalue weighted by Crippen LogP contribution is 2.43. The maximum absolute atomic E-state index is 6.49. The van der Waals surface area contributed by atoms with Gasteiger partial charge in [-0.2, -0.15) is 0 Å². The number of ether oxygens (including phenoxy) is 2. The topological polar surface area (TPSA) is 18.5 Å². The molecule has 2 aromatic carbocycles. The van der Waals surface area contributed by atoms with E-state index in [1.165, 1.54) is 54.9 Å². The van der Waals surface area contributed by atoms with Gasteiger partial charge >= 0.3 is 0 Å². The molecule has 0 aliphatic carbocycles. The van der Waals surface area contributed by atoms with Crippen molar-refractivity contribution in [3.8, 4) is 0 Å². The van der Waals surface area contributed by atoms with Gasteiger partial charge in [0.25, 0.3) is 0 Å². The smallest absolute Gasteiger partial charge is 0.198 e. The van der Waals surface area contributed by atoms with E-state index in [0.29, 0.717) is 19.1 Å². The van der Waals surface area contributed by atoms with Crippen molar-refractivity contribution in [1.82, 2.24) is 0 Å². The number of hydrogen-bond acceptors (Lipinski definition) is 2. The third kappa shape index (κ3) is 5.58. The Kier molecular flexibility index (Phi) is 10.0. The second-order valence-electron chi connectivity index (χ2n) is 7.72. The van der Waals surface area contributed by atoms with Gasteiger partial charge in [-0.15, -0.1) is 0 Å². The second-order valence-corrected chi connectivity index (χ2v) is 7.72. The van der Waals surface area contributed by atoms with Crippen LogP contribution >= 0.6 is 0 Å². The molecule has 0 spiro atoms. The van der Waals surface area contributed by atoms with Crippen LogP contribution in [0.2, 0.25) is 0 Å². The van der Waals surface area contributed by atoms with Crippen LogP contribution in [-0.2, 0) is 15.3 Å². The summed E-state index contributed by atoms with van der Waals surface area (Å²) in [4.78, 5) is 0. The molecule has 156 valence electrons. The summed E-state index contributed by atoms with van der Waals surface area (Å²) in [5, 5.41) is 2.49. The Labute approximate surface area is 172 Å². The van der Waals surface area contributed by atoms with E-state index in [0.717, 1.165) is 12.8 Å². The van der Waals surface area contributed by atoms with E-state index in [9.17, 15) is 0 Å². The summed E-state index contributed by atoms with van der Waals surface area (Å²) in [5.74, 6) is -0.313. The Morgan fingerprint density at radius 1 is 0.750 bits per heavy atom. The van der Waals surface area contributed by atoms with Gasteiger partial charge in [-0.05, 0) is 37.5 Å². The van der Waals surface area contributed by atoms with Gasteiger partial charge in [0.2, 0.25) is 0 Å². The molecule has 0 bridgehead atoms.